The summed E-state index contributed by atoms with van der Waals surface area (Å²) in [6.45, 7) is 5.86. The van der Waals surface area contributed by atoms with Crippen molar-refractivity contribution >= 4 is 5.97 Å². The minimum absolute atomic E-state index is 0.195. The van der Waals surface area contributed by atoms with E-state index in [-0.39, 0.29) is 11.8 Å². The number of hydrogen-bond acceptors (Lipinski definition) is 2. The lowest BCUT2D eigenvalue weighted by Gasteiger charge is -2.24. The fraction of sp³-hybridized carbons (Fsp3) is 0.562. The molecule has 0 aromatic heterocycles. The zero-order valence-corrected chi connectivity index (χ0v) is 11.7. The Labute approximate surface area is 115 Å². The van der Waals surface area contributed by atoms with Crippen LogP contribution in [0.2, 0.25) is 0 Å². The quantitative estimate of drug-likeness (QED) is 0.886. The van der Waals surface area contributed by atoms with Gasteiger partial charge in [-0.1, -0.05) is 37.3 Å². The summed E-state index contributed by atoms with van der Waals surface area (Å²) in [7, 11) is 0. The molecule has 0 spiro atoms. The molecule has 3 unspecified atom stereocenters. The molecule has 1 saturated heterocycles. The molecule has 1 N–H and O–H groups in total. The first-order valence-corrected chi connectivity index (χ1v) is 7.08. The predicted molar refractivity (Wildman–Crippen MR) is 76.1 cm³/mol. The maximum absolute atomic E-state index is 11.1. The number of nitrogens with zero attached hydrogens (tertiary/aromatic N) is 1. The summed E-state index contributed by atoms with van der Waals surface area (Å²) in [5.74, 6) is -0.582. The van der Waals surface area contributed by atoms with Gasteiger partial charge < -0.3 is 5.11 Å². The summed E-state index contributed by atoms with van der Waals surface area (Å²) in [6, 6.07) is 10.9. The Morgan fingerprint density at radius 3 is 2.63 bits per heavy atom. The normalized spacial score (nSPS) is 25.4. The van der Waals surface area contributed by atoms with Gasteiger partial charge in [-0.05, 0) is 31.2 Å². The number of aryl methyl sites for hydroxylation is 1. The monoisotopic (exact) mass is 261 g/mol. The second kappa shape index (κ2) is 6.20. The first-order chi connectivity index (χ1) is 9.08. The first-order valence-electron chi connectivity index (χ1n) is 7.08. The number of rotatable bonds is 5. The maximum Gasteiger partial charge on any atom is 0.308 e. The number of aliphatic carboxylic acids is 1. The predicted octanol–water partition coefficient (Wildman–Crippen LogP) is 2.66. The van der Waals surface area contributed by atoms with E-state index in [4.69, 9.17) is 5.11 Å². The van der Waals surface area contributed by atoms with Crippen molar-refractivity contribution in [3.05, 3.63) is 35.9 Å². The van der Waals surface area contributed by atoms with Gasteiger partial charge >= 0.3 is 5.97 Å². The van der Waals surface area contributed by atoms with E-state index in [0.717, 1.165) is 19.4 Å². The van der Waals surface area contributed by atoms with Crippen LogP contribution < -0.4 is 0 Å². The first kappa shape index (κ1) is 14.1. The Balaban J connectivity index is 1.84. The van der Waals surface area contributed by atoms with Crippen LogP contribution in [0.5, 0.6) is 0 Å². The van der Waals surface area contributed by atoms with Crippen LogP contribution in [-0.2, 0) is 11.2 Å². The molecule has 1 aliphatic heterocycles. The average molecular weight is 261 g/mol. The molecule has 1 fully saturated rings. The van der Waals surface area contributed by atoms with Gasteiger partial charge in [0.2, 0.25) is 0 Å². The molecule has 3 atom stereocenters. The third kappa shape index (κ3) is 3.57. The van der Waals surface area contributed by atoms with Crippen molar-refractivity contribution in [2.45, 2.75) is 32.7 Å². The van der Waals surface area contributed by atoms with Gasteiger partial charge in [-0.15, -0.1) is 0 Å². The summed E-state index contributed by atoms with van der Waals surface area (Å²) in [6.07, 6.45) is 2.15. The molecule has 104 valence electrons. The van der Waals surface area contributed by atoms with E-state index in [9.17, 15) is 4.79 Å². The van der Waals surface area contributed by atoms with Crippen LogP contribution in [0.4, 0.5) is 0 Å². The van der Waals surface area contributed by atoms with Gasteiger partial charge in [0, 0.05) is 19.1 Å². The fourth-order valence-corrected chi connectivity index (χ4v) is 2.89. The van der Waals surface area contributed by atoms with E-state index >= 15 is 0 Å². The van der Waals surface area contributed by atoms with Gasteiger partial charge in [0.25, 0.3) is 0 Å². The molecule has 1 aliphatic rings. The smallest absolute Gasteiger partial charge is 0.308 e. The summed E-state index contributed by atoms with van der Waals surface area (Å²) in [5, 5.41) is 9.16. The summed E-state index contributed by atoms with van der Waals surface area (Å²) in [4.78, 5) is 13.5. The van der Waals surface area contributed by atoms with Crippen LogP contribution in [0, 0.1) is 11.8 Å². The van der Waals surface area contributed by atoms with Gasteiger partial charge in [-0.2, -0.15) is 0 Å². The summed E-state index contributed by atoms with van der Waals surface area (Å²) in [5.41, 5.74) is 1.36. The molecule has 1 aromatic carbocycles. The van der Waals surface area contributed by atoms with Crippen LogP contribution >= 0.6 is 0 Å². The van der Waals surface area contributed by atoms with Crippen molar-refractivity contribution in [1.29, 1.82) is 0 Å². The maximum atomic E-state index is 11.1. The second-order valence-corrected chi connectivity index (χ2v) is 5.75. The van der Waals surface area contributed by atoms with Crippen molar-refractivity contribution in [3.8, 4) is 0 Å². The van der Waals surface area contributed by atoms with Crippen molar-refractivity contribution in [2.24, 2.45) is 11.8 Å². The molecule has 0 amide bonds. The minimum atomic E-state index is -0.648. The third-order valence-electron chi connectivity index (χ3n) is 4.27. The highest BCUT2D eigenvalue weighted by molar-refractivity contribution is 5.71. The molecule has 1 aromatic rings. The Bertz CT molecular complexity index is 418. The van der Waals surface area contributed by atoms with Crippen molar-refractivity contribution in [1.82, 2.24) is 4.90 Å². The lowest BCUT2D eigenvalue weighted by molar-refractivity contribution is -0.142. The molecule has 0 saturated carbocycles. The van der Waals surface area contributed by atoms with Gasteiger partial charge in [0.05, 0.1) is 5.92 Å². The molecular formula is C16H23NO2. The van der Waals surface area contributed by atoms with E-state index in [1.165, 1.54) is 5.56 Å². The molecule has 1 heterocycles. The van der Waals surface area contributed by atoms with E-state index < -0.39 is 5.97 Å². The lowest BCUT2D eigenvalue weighted by Crippen LogP contribution is -2.32. The molecule has 19 heavy (non-hydrogen) atoms. The highest BCUT2D eigenvalue weighted by Crippen LogP contribution is 2.26. The Morgan fingerprint density at radius 1 is 1.37 bits per heavy atom. The lowest BCUT2D eigenvalue weighted by atomic mass is 9.99. The van der Waals surface area contributed by atoms with Crippen LogP contribution in [0.15, 0.2) is 30.3 Å². The number of benzene rings is 1. The Kier molecular flexibility index (Phi) is 4.59. The van der Waals surface area contributed by atoms with Gasteiger partial charge in [0.15, 0.2) is 0 Å². The summed E-state index contributed by atoms with van der Waals surface area (Å²) >= 11 is 0. The van der Waals surface area contributed by atoms with Crippen LogP contribution in [0.3, 0.4) is 0 Å². The van der Waals surface area contributed by atoms with E-state index in [0.29, 0.717) is 12.6 Å². The average Bonchev–Trinajstić information content (AvgIpc) is 2.79. The van der Waals surface area contributed by atoms with Crippen LogP contribution in [0.25, 0.3) is 0 Å². The molecule has 0 bridgehead atoms. The van der Waals surface area contributed by atoms with E-state index in [1.54, 1.807) is 0 Å². The van der Waals surface area contributed by atoms with Gasteiger partial charge in [-0.3, -0.25) is 9.69 Å². The molecule has 0 radical (unpaired) electrons. The van der Waals surface area contributed by atoms with Crippen molar-refractivity contribution in [2.75, 3.05) is 13.1 Å². The van der Waals surface area contributed by atoms with Crippen molar-refractivity contribution < 1.29 is 9.90 Å². The molecule has 3 heteroatoms. The summed E-state index contributed by atoms with van der Waals surface area (Å²) < 4.78 is 0. The Morgan fingerprint density at radius 2 is 2.05 bits per heavy atom. The SMILES string of the molecule is CC1CN(C(C)CCc2ccccc2)CC1C(=O)O. The fourth-order valence-electron chi connectivity index (χ4n) is 2.89. The van der Waals surface area contributed by atoms with Crippen LogP contribution in [0.1, 0.15) is 25.8 Å². The molecule has 0 aliphatic carbocycles. The van der Waals surface area contributed by atoms with Crippen LogP contribution in [-0.4, -0.2) is 35.1 Å². The van der Waals surface area contributed by atoms with Gasteiger partial charge in [-0.25, -0.2) is 0 Å². The van der Waals surface area contributed by atoms with Gasteiger partial charge in [0.1, 0.15) is 0 Å². The number of carboxylic acids is 1. The number of carbonyl (C=O) groups is 1. The minimum Gasteiger partial charge on any atom is -0.481 e. The van der Waals surface area contributed by atoms with E-state index in [2.05, 4.69) is 36.1 Å². The second-order valence-electron chi connectivity index (χ2n) is 5.75. The molecule has 3 nitrogen and oxygen atoms in total. The Hall–Kier alpha value is -1.35. The highest BCUT2D eigenvalue weighted by atomic mass is 16.4. The topological polar surface area (TPSA) is 40.5 Å². The largest absolute Gasteiger partial charge is 0.481 e. The molecular weight excluding hydrogens is 238 g/mol. The number of hydrogen-bond donors (Lipinski definition) is 1. The standard InChI is InChI=1S/C16H23NO2/c1-12-10-17(11-15(12)16(18)19)13(2)8-9-14-6-4-3-5-7-14/h3-7,12-13,15H,8-11H2,1-2H3,(H,18,19). The number of carboxylic acid groups (broad SMARTS) is 1. The third-order valence-corrected chi connectivity index (χ3v) is 4.27. The zero-order valence-electron chi connectivity index (χ0n) is 11.7. The highest BCUT2D eigenvalue weighted by Gasteiger charge is 2.36. The molecule has 2 rings (SSSR count). The van der Waals surface area contributed by atoms with E-state index in [1.807, 2.05) is 13.0 Å². The number of likely N-dealkylation sites (tertiary alicyclic amines) is 1. The zero-order chi connectivity index (χ0) is 13.8. The van der Waals surface area contributed by atoms with Crippen molar-refractivity contribution in [3.63, 3.8) is 0 Å².